The monoisotopic (exact) mass is 474 g/mol. The highest BCUT2D eigenvalue weighted by molar-refractivity contribution is 5.46. The second-order valence-corrected chi connectivity index (χ2v) is 10.1. The maximum Gasteiger partial charge on any atom is 0.201 e. The molecule has 4 unspecified atom stereocenters. The predicted molar refractivity (Wildman–Crippen MR) is 139 cm³/mol. The summed E-state index contributed by atoms with van der Waals surface area (Å²) < 4.78 is 33.7. The highest BCUT2D eigenvalue weighted by Crippen LogP contribution is 2.48. The van der Waals surface area contributed by atoms with Crippen molar-refractivity contribution in [3.05, 3.63) is 89.5 Å². The van der Waals surface area contributed by atoms with E-state index in [1.165, 1.54) is 75.1 Å². The maximum atomic E-state index is 14.4. The van der Waals surface area contributed by atoms with Crippen molar-refractivity contribution in [2.75, 3.05) is 6.61 Å². The number of ether oxygens (including phenoxy) is 1. The number of fused-ring (bicyclic) bond motifs is 1. The zero-order valence-electron chi connectivity index (χ0n) is 20.7. The van der Waals surface area contributed by atoms with E-state index in [0.717, 1.165) is 23.3 Å². The fourth-order valence-corrected chi connectivity index (χ4v) is 5.92. The highest BCUT2D eigenvalue weighted by atomic mass is 19.2. The molecule has 0 aromatic heterocycles. The summed E-state index contributed by atoms with van der Waals surface area (Å²) in [5, 5.41) is 0. The average Bonchev–Trinajstić information content (AvgIpc) is 2.89. The van der Waals surface area contributed by atoms with E-state index in [9.17, 15) is 8.78 Å². The van der Waals surface area contributed by atoms with Crippen LogP contribution in [-0.4, -0.2) is 6.61 Å². The van der Waals surface area contributed by atoms with Gasteiger partial charge in [0, 0.05) is 5.56 Å². The molecule has 0 aliphatic heterocycles. The molecule has 3 heteroatoms. The minimum Gasteiger partial charge on any atom is -0.486 e. The van der Waals surface area contributed by atoms with Crippen molar-refractivity contribution in [1.82, 2.24) is 0 Å². The van der Waals surface area contributed by atoms with E-state index >= 15 is 0 Å². The zero-order chi connectivity index (χ0) is 24.6. The lowest BCUT2D eigenvalue weighted by molar-refractivity contribution is 0.115. The van der Waals surface area contributed by atoms with Gasteiger partial charge in [0.25, 0.3) is 0 Å². The average molecular weight is 475 g/mol. The van der Waals surface area contributed by atoms with E-state index < -0.39 is 11.6 Å². The number of hydrogen-bond acceptors (Lipinski definition) is 1. The second-order valence-electron chi connectivity index (χ2n) is 10.1. The fraction of sp³-hybridized carbons (Fsp3) is 0.438. The van der Waals surface area contributed by atoms with Crippen LogP contribution < -0.4 is 4.74 Å². The normalized spacial score (nSPS) is 23.9. The third kappa shape index (κ3) is 6.43. The van der Waals surface area contributed by atoms with Crippen LogP contribution >= 0.6 is 0 Å². The van der Waals surface area contributed by atoms with E-state index in [0.29, 0.717) is 5.92 Å². The Labute approximate surface area is 209 Å². The molecule has 0 amide bonds. The van der Waals surface area contributed by atoms with Gasteiger partial charge in [-0.25, -0.2) is 4.39 Å². The largest absolute Gasteiger partial charge is 0.486 e. The van der Waals surface area contributed by atoms with Crippen molar-refractivity contribution in [2.24, 2.45) is 17.8 Å². The Bertz CT molecular complexity index is 1090. The molecule has 2 aromatic carbocycles. The van der Waals surface area contributed by atoms with Crippen LogP contribution in [0.5, 0.6) is 5.75 Å². The number of benzene rings is 2. The van der Waals surface area contributed by atoms with Crippen LogP contribution in [0.4, 0.5) is 8.78 Å². The van der Waals surface area contributed by atoms with Gasteiger partial charge in [-0.15, -0.1) is 0 Å². The molecule has 4 rings (SSSR count). The Morgan fingerprint density at radius 1 is 0.943 bits per heavy atom. The first-order chi connectivity index (χ1) is 17.1. The highest BCUT2D eigenvalue weighted by Gasteiger charge is 2.35. The van der Waals surface area contributed by atoms with E-state index in [1.54, 1.807) is 0 Å². The minimum absolute atomic E-state index is 0.0252. The van der Waals surface area contributed by atoms with Gasteiger partial charge in [0.1, 0.15) is 6.61 Å². The number of rotatable bonds is 7. The Morgan fingerprint density at radius 2 is 1.71 bits per heavy atom. The summed E-state index contributed by atoms with van der Waals surface area (Å²) in [6.45, 7) is 5.74. The van der Waals surface area contributed by atoms with E-state index in [1.807, 2.05) is 12.1 Å². The van der Waals surface area contributed by atoms with Gasteiger partial charge in [-0.2, -0.15) is 4.39 Å². The standard InChI is InChI=1S/C32H36F2O/c1-3-5-6-7-24-11-15-29-22-28(17-16-27(29)21-24)25-12-8-23(9-13-25)10-14-26-18-19-30(35-20-4-2)32(34)31(26)33/h3-5,8-9,12-13,18-19,24,27-29H,2,6-7,11,15-17,20-22H2,1H3/b5-3+. The van der Waals surface area contributed by atoms with E-state index in [-0.39, 0.29) is 17.9 Å². The molecule has 0 saturated heterocycles. The Morgan fingerprint density at radius 3 is 2.49 bits per heavy atom. The second kappa shape index (κ2) is 12.2. The lowest BCUT2D eigenvalue weighted by atomic mass is 9.63. The molecule has 2 saturated carbocycles. The van der Waals surface area contributed by atoms with Crippen LogP contribution in [0, 0.1) is 41.2 Å². The van der Waals surface area contributed by atoms with Crippen LogP contribution in [-0.2, 0) is 0 Å². The van der Waals surface area contributed by atoms with Crippen molar-refractivity contribution in [3.63, 3.8) is 0 Å². The molecule has 0 radical (unpaired) electrons. The van der Waals surface area contributed by atoms with Crippen LogP contribution in [0.2, 0.25) is 0 Å². The predicted octanol–water partition coefficient (Wildman–Crippen LogP) is 8.59. The smallest absolute Gasteiger partial charge is 0.201 e. The molecule has 0 N–H and O–H groups in total. The number of hydrogen-bond donors (Lipinski definition) is 0. The van der Waals surface area contributed by atoms with E-state index in [4.69, 9.17) is 4.74 Å². The maximum absolute atomic E-state index is 14.4. The molecular weight excluding hydrogens is 438 g/mol. The van der Waals surface area contributed by atoms with Gasteiger partial charge < -0.3 is 4.74 Å². The van der Waals surface area contributed by atoms with E-state index in [2.05, 4.69) is 49.6 Å². The first kappa shape index (κ1) is 25.2. The first-order valence-corrected chi connectivity index (χ1v) is 13.0. The van der Waals surface area contributed by atoms with Crippen LogP contribution in [0.3, 0.4) is 0 Å². The minimum atomic E-state index is -1.02. The summed E-state index contributed by atoms with van der Waals surface area (Å²) in [7, 11) is 0. The Kier molecular flexibility index (Phi) is 8.80. The molecule has 2 aromatic rings. The van der Waals surface area contributed by atoms with Gasteiger partial charge in [-0.1, -0.05) is 55.2 Å². The van der Waals surface area contributed by atoms with Crippen molar-refractivity contribution < 1.29 is 13.5 Å². The van der Waals surface area contributed by atoms with Crippen LogP contribution in [0.15, 0.2) is 61.2 Å². The van der Waals surface area contributed by atoms with Gasteiger partial charge in [0.2, 0.25) is 5.82 Å². The Balaban J connectivity index is 1.35. The van der Waals surface area contributed by atoms with Gasteiger partial charge in [-0.3, -0.25) is 0 Å². The first-order valence-electron chi connectivity index (χ1n) is 13.0. The van der Waals surface area contributed by atoms with Crippen molar-refractivity contribution in [2.45, 2.75) is 64.2 Å². The molecule has 2 fully saturated rings. The molecule has 35 heavy (non-hydrogen) atoms. The molecule has 0 bridgehead atoms. The molecular formula is C32H36F2O. The summed E-state index contributed by atoms with van der Waals surface area (Å²) in [6.07, 6.45) is 16.6. The number of halogens is 2. The summed E-state index contributed by atoms with van der Waals surface area (Å²) in [6, 6.07) is 11.2. The summed E-state index contributed by atoms with van der Waals surface area (Å²) in [5.41, 5.74) is 2.21. The van der Waals surface area contributed by atoms with Crippen molar-refractivity contribution >= 4 is 0 Å². The van der Waals surface area contributed by atoms with Gasteiger partial charge >= 0.3 is 0 Å². The summed E-state index contributed by atoms with van der Waals surface area (Å²) >= 11 is 0. The summed E-state index contributed by atoms with van der Waals surface area (Å²) in [4.78, 5) is 0. The van der Waals surface area contributed by atoms with Gasteiger partial charge in [-0.05, 0) is 105 Å². The Hall–Kier alpha value is -2.86. The third-order valence-electron chi connectivity index (χ3n) is 7.83. The number of allylic oxidation sites excluding steroid dienone is 2. The fourth-order valence-electron chi connectivity index (χ4n) is 5.92. The van der Waals surface area contributed by atoms with Gasteiger partial charge in [0.15, 0.2) is 11.6 Å². The summed E-state index contributed by atoms with van der Waals surface area (Å²) in [5.74, 6) is 6.91. The lowest BCUT2D eigenvalue weighted by Gasteiger charge is -2.42. The van der Waals surface area contributed by atoms with Crippen LogP contribution in [0.1, 0.15) is 80.9 Å². The third-order valence-corrected chi connectivity index (χ3v) is 7.83. The quantitative estimate of drug-likeness (QED) is 0.288. The molecule has 184 valence electrons. The molecule has 0 spiro atoms. The van der Waals surface area contributed by atoms with Gasteiger partial charge in [0.05, 0.1) is 5.56 Å². The lowest BCUT2D eigenvalue weighted by Crippen LogP contribution is -2.30. The molecule has 0 heterocycles. The zero-order valence-corrected chi connectivity index (χ0v) is 20.7. The topological polar surface area (TPSA) is 9.23 Å². The molecule has 2 aliphatic carbocycles. The van der Waals surface area contributed by atoms with Crippen molar-refractivity contribution in [3.8, 4) is 17.6 Å². The SMILES string of the molecule is C=CCOc1ccc(C#Cc2ccc(C3CCC4CC(CC/C=C/C)CCC4C3)cc2)c(F)c1F. The van der Waals surface area contributed by atoms with Crippen molar-refractivity contribution in [1.29, 1.82) is 0 Å². The van der Waals surface area contributed by atoms with Crippen LogP contribution in [0.25, 0.3) is 0 Å². The molecule has 2 aliphatic rings. The molecule has 1 nitrogen and oxygen atoms in total. The molecule has 4 atom stereocenters.